The molecule has 3 heterocycles. The van der Waals surface area contributed by atoms with Gasteiger partial charge in [0.1, 0.15) is 41.7 Å². The fraction of sp³-hybridized carbons (Fsp3) is 0.362. The van der Waals surface area contributed by atoms with Gasteiger partial charge in [-0.2, -0.15) is 5.26 Å². The van der Waals surface area contributed by atoms with Gasteiger partial charge >= 0.3 is 6.09 Å². The Hall–Kier alpha value is -7.44. The van der Waals surface area contributed by atoms with Gasteiger partial charge in [0.15, 0.2) is 29.5 Å². The third-order valence-corrected chi connectivity index (χ3v) is 15.2. The summed E-state index contributed by atoms with van der Waals surface area (Å²) >= 11 is 0. The second-order valence-corrected chi connectivity index (χ2v) is 20.3. The minimum atomic E-state index is -1.92. The highest BCUT2D eigenvalue weighted by atomic mass is 31.2. The van der Waals surface area contributed by atoms with Crippen molar-refractivity contribution in [1.82, 2.24) is 24.2 Å². The summed E-state index contributed by atoms with van der Waals surface area (Å²) < 4.78 is 62.8. The summed E-state index contributed by atoms with van der Waals surface area (Å²) in [5.74, 6) is 1.39. The Balaban J connectivity index is 1.21. The first kappa shape index (κ1) is 57.7. The van der Waals surface area contributed by atoms with Crippen LogP contribution in [0.2, 0.25) is 0 Å². The Labute approximate surface area is 460 Å². The van der Waals surface area contributed by atoms with E-state index in [1.165, 1.54) is 24.8 Å². The van der Waals surface area contributed by atoms with Crippen LogP contribution in [-0.2, 0) is 51.4 Å². The first-order chi connectivity index (χ1) is 38.3. The number of aromatic nitrogens is 4. The maximum Gasteiger partial charge on any atom is 0.412 e. The molecule has 414 valence electrons. The van der Waals surface area contributed by atoms with E-state index in [4.69, 9.17) is 47.2 Å². The highest BCUT2D eigenvalue weighted by Gasteiger charge is 2.52. The molecule has 0 aliphatic carbocycles. The lowest BCUT2D eigenvalue weighted by atomic mass is 9.80. The maximum atomic E-state index is 13.3. The molecule has 6 atom stereocenters. The third kappa shape index (κ3) is 14.1. The molecule has 1 saturated heterocycles. The molecule has 1 amide bonds. The number of carbonyl (C=O) groups is 1. The van der Waals surface area contributed by atoms with Gasteiger partial charge in [-0.3, -0.25) is 20.0 Å². The average Bonchev–Trinajstić information content (AvgIpc) is 4.29. The van der Waals surface area contributed by atoms with Gasteiger partial charge < -0.3 is 42.2 Å². The molecule has 1 aliphatic rings. The third-order valence-electron chi connectivity index (χ3n) is 13.1. The number of rotatable bonds is 27. The van der Waals surface area contributed by atoms with Gasteiger partial charge in [-0.25, -0.2) is 24.4 Å². The standard InChI is InChI=1S/C58H65N8O12P/c1-39(2)65(40(3)4)79(75-33-14-32-59)78-52-50(36-74-58(44-17-12-9-13-18-44,45-21-27-48(70-6)28-22-45)46-23-29-49(71-7)30-24-46)77-56(53(52)76-41(5)73-35-43-15-10-8-11-16-43)64-38-62-51-54(60-37-61-55(51)64)63-57(67)72-34-31-42-19-25-47(26-20-42)66(68)69/h8-13,15-30,37-41,50,52-53,56H,14,31,33-36H2,1-7H3,(H,60,61,63,67)/t41?,50-,52-,53-,56-,79?/m1/s1. The molecule has 0 radical (unpaired) electrons. The number of methoxy groups -OCH3 is 2. The second-order valence-electron chi connectivity index (χ2n) is 18.9. The Morgan fingerprint density at radius 1 is 0.810 bits per heavy atom. The van der Waals surface area contributed by atoms with Crippen molar-refractivity contribution in [3.8, 4) is 17.6 Å². The fourth-order valence-corrected chi connectivity index (χ4v) is 11.1. The molecule has 0 saturated carbocycles. The Morgan fingerprint density at radius 2 is 1.43 bits per heavy atom. The zero-order chi connectivity index (χ0) is 55.9. The van der Waals surface area contributed by atoms with Crippen molar-refractivity contribution in [2.45, 2.75) is 103 Å². The molecule has 2 aromatic heterocycles. The Bertz CT molecular complexity index is 3040. The van der Waals surface area contributed by atoms with E-state index in [1.807, 2.05) is 109 Å². The van der Waals surface area contributed by atoms with Crippen molar-refractivity contribution in [2.75, 3.05) is 39.4 Å². The monoisotopic (exact) mass is 1100 g/mol. The number of anilines is 1. The van der Waals surface area contributed by atoms with Gasteiger partial charge in [0.05, 0.1) is 64.4 Å². The topological polar surface area (TPSA) is 226 Å². The maximum absolute atomic E-state index is 13.3. The first-order valence-electron chi connectivity index (χ1n) is 25.9. The van der Waals surface area contributed by atoms with Gasteiger partial charge in [-0.05, 0) is 86.7 Å². The molecule has 79 heavy (non-hydrogen) atoms. The predicted molar refractivity (Wildman–Crippen MR) is 295 cm³/mol. The normalized spacial score (nSPS) is 17.2. The number of benzene rings is 5. The van der Waals surface area contributed by atoms with Gasteiger partial charge in [-0.1, -0.05) is 97.1 Å². The molecule has 1 N–H and O–H groups in total. The van der Waals surface area contributed by atoms with E-state index in [9.17, 15) is 20.2 Å². The van der Waals surface area contributed by atoms with E-state index in [1.54, 1.807) is 37.8 Å². The van der Waals surface area contributed by atoms with Crippen LogP contribution in [0.1, 0.15) is 75.1 Å². The SMILES string of the molecule is COc1ccc(C(OC[C@H]2O[C@@H](n3cnc4c(NC(=O)OCCc5ccc([N+](=O)[O-])cc5)ncnc43)[C@H](OC(C)OCc3ccccc3)[C@@H]2OP(OCCC#N)N(C(C)C)C(C)C)(c2ccccc2)c2ccc(OC)cc2)cc1. The number of nitrogens with one attached hydrogen (secondary N) is 1. The lowest BCUT2D eigenvalue weighted by Crippen LogP contribution is -2.44. The number of hydrogen-bond donors (Lipinski definition) is 1. The number of nitrogens with zero attached hydrogens (tertiary/aromatic N) is 7. The minimum absolute atomic E-state index is 0.0209. The van der Waals surface area contributed by atoms with Crippen LogP contribution in [-0.4, -0.2) is 106 Å². The van der Waals surface area contributed by atoms with Crippen LogP contribution in [0, 0.1) is 21.4 Å². The quantitative estimate of drug-likeness (QED) is 0.0126. The smallest absolute Gasteiger partial charge is 0.412 e. The summed E-state index contributed by atoms with van der Waals surface area (Å²) in [6, 6.07) is 43.2. The van der Waals surface area contributed by atoms with E-state index < -0.39 is 56.0 Å². The van der Waals surface area contributed by atoms with Crippen LogP contribution in [0.15, 0.2) is 146 Å². The molecule has 1 fully saturated rings. The summed E-state index contributed by atoms with van der Waals surface area (Å²) in [5.41, 5.74) is 3.29. The molecular weight excluding hydrogens is 1030 g/mol. The van der Waals surface area contributed by atoms with Crippen LogP contribution in [0.25, 0.3) is 11.2 Å². The van der Waals surface area contributed by atoms with E-state index in [0.29, 0.717) is 17.9 Å². The van der Waals surface area contributed by atoms with Gasteiger partial charge in [-0.15, -0.1) is 0 Å². The summed E-state index contributed by atoms with van der Waals surface area (Å²) in [5, 5.41) is 23.5. The predicted octanol–water partition coefficient (Wildman–Crippen LogP) is 11.1. The molecule has 5 aromatic carbocycles. The first-order valence-corrected chi connectivity index (χ1v) is 27.0. The fourth-order valence-electron chi connectivity index (χ4n) is 9.37. The number of hydrogen-bond acceptors (Lipinski definition) is 17. The molecule has 0 spiro atoms. The van der Waals surface area contributed by atoms with Gasteiger partial charge in [0.25, 0.3) is 14.2 Å². The highest BCUT2D eigenvalue weighted by Crippen LogP contribution is 2.52. The van der Waals surface area contributed by atoms with Crippen LogP contribution in [0.5, 0.6) is 11.5 Å². The second kappa shape index (κ2) is 27.4. The van der Waals surface area contributed by atoms with Crippen molar-refractivity contribution in [3.63, 3.8) is 0 Å². The number of ether oxygens (including phenoxy) is 7. The van der Waals surface area contributed by atoms with Gasteiger partial charge in [0, 0.05) is 30.6 Å². The molecule has 20 nitrogen and oxygen atoms in total. The van der Waals surface area contributed by atoms with Crippen LogP contribution in [0.3, 0.4) is 0 Å². The number of nitriles is 1. The zero-order valence-electron chi connectivity index (χ0n) is 45.1. The van der Waals surface area contributed by atoms with Crippen molar-refractivity contribution in [3.05, 3.63) is 184 Å². The Kier molecular flexibility index (Phi) is 20.0. The number of imidazole rings is 1. The van der Waals surface area contributed by atoms with Gasteiger partial charge in [0.2, 0.25) is 0 Å². The van der Waals surface area contributed by atoms with E-state index in [-0.39, 0.29) is 67.6 Å². The molecule has 0 bridgehead atoms. The molecule has 7 aromatic rings. The van der Waals surface area contributed by atoms with E-state index in [0.717, 1.165) is 27.8 Å². The Morgan fingerprint density at radius 3 is 2.03 bits per heavy atom. The van der Waals surface area contributed by atoms with Crippen molar-refractivity contribution >= 4 is 37.3 Å². The largest absolute Gasteiger partial charge is 0.497 e. The molecule has 1 aliphatic heterocycles. The minimum Gasteiger partial charge on any atom is -0.497 e. The van der Waals surface area contributed by atoms with E-state index >= 15 is 0 Å². The number of nitro benzene ring substituents is 1. The number of fused-ring (bicyclic) bond motifs is 1. The summed E-state index contributed by atoms with van der Waals surface area (Å²) in [7, 11) is 1.32. The highest BCUT2D eigenvalue weighted by molar-refractivity contribution is 7.44. The zero-order valence-corrected chi connectivity index (χ0v) is 46.0. The van der Waals surface area contributed by atoms with Crippen molar-refractivity contribution in [2.24, 2.45) is 0 Å². The lowest BCUT2D eigenvalue weighted by Gasteiger charge is -2.39. The van der Waals surface area contributed by atoms with E-state index in [2.05, 4.69) is 53.7 Å². The number of carbonyl (C=O) groups excluding carboxylic acids is 1. The molecule has 21 heteroatoms. The number of non-ortho nitro benzene ring substituents is 1. The molecule has 8 rings (SSSR count). The lowest BCUT2D eigenvalue weighted by molar-refractivity contribution is -0.384. The van der Waals surface area contributed by atoms with Crippen LogP contribution in [0.4, 0.5) is 16.3 Å². The molecule has 2 unspecified atom stereocenters. The number of nitro groups is 1. The van der Waals surface area contributed by atoms with Crippen molar-refractivity contribution in [1.29, 1.82) is 5.26 Å². The number of amides is 1. The van der Waals surface area contributed by atoms with Crippen molar-refractivity contribution < 1.29 is 51.9 Å². The van der Waals surface area contributed by atoms with Crippen LogP contribution >= 0.6 is 8.53 Å². The molecular formula is C58H65N8O12P. The average molecular weight is 1100 g/mol. The van der Waals surface area contributed by atoms with Crippen LogP contribution < -0.4 is 14.8 Å². The summed E-state index contributed by atoms with van der Waals surface area (Å²) in [6.07, 6.45) is -2.31. The summed E-state index contributed by atoms with van der Waals surface area (Å²) in [4.78, 5) is 37.7. The summed E-state index contributed by atoms with van der Waals surface area (Å²) in [6.45, 7) is 10.3.